The Morgan fingerprint density at radius 2 is 2.24 bits per heavy atom. The minimum absolute atomic E-state index is 0.155. The number of ether oxygens (including phenoxy) is 1. The predicted molar refractivity (Wildman–Crippen MR) is 77.7 cm³/mol. The van der Waals surface area contributed by atoms with Gasteiger partial charge in [0.05, 0.1) is 5.60 Å². The molecule has 1 atom stereocenters. The number of halogens is 1. The summed E-state index contributed by atoms with van der Waals surface area (Å²) in [5.74, 6) is -0.620. The van der Waals surface area contributed by atoms with E-state index in [4.69, 9.17) is 15.7 Å². The predicted octanol–water partition coefficient (Wildman–Crippen LogP) is 0.797. The lowest BCUT2D eigenvalue weighted by Crippen LogP contribution is -2.38. The van der Waals surface area contributed by atoms with Gasteiger partial charge in [-0.25, -0.2) is 4.39 Å². The molecule has 6 nitrogen and oxygen atoms in total. The zero-order valence-corrected chi connectivity index (χ0v) is 12.3. The van der Waals surface area contributed by atoms with E-state index in [-0.39, 0.29) is 5.84 Å². The van der Waals surface area contributed by atoms with Crippen LogP contribution in [-0.4, -0.2) is 42.0 Å². The Labute approximate surface area is 123 Å². The van der Waals surface area contributed by atoms with Crippen molar-refractivity contribution < 1.29 is 19.4 Å². The maximum Gasteiger partial charge on any atom is 0.170 e. The molecule has 0 aliphatic rings. The van der Waals surface area contributed by atoms with Crippen LogP contribution < -0.4 is 11.1 Å². The molecule has 0 spiro atoms. The first-order valence-electron chi connectivity index (χ1n) is 6.58. The summed E-state index contributed by atoms with van der Waals surface area (Å²) in [6.45, 7) is 2.85. The number of rotatable bonds is 8. The Morgan fingerprint density at radius 3 is 2.86 bits per heavy atom. The third-order valence-electron chi connectivity index (χ3n) is 3.12. The fourth-order valence-electron chi connectivity index (χ4n) is 1.87. The van der Waals surface area contributed by atoms with Gasteiger partial charge < -0.3 is 26.1 Å². The third-order valence-corrected chi connectivity index (χ3v) is 3.12. The Morgan fingerprint density at radius 1 is 1.52 bits per heavy atom. The fourth-order valence-corrected chi connectivity index (χ4v) is 1.87. The maximum absolute atomic E-state index is 13.2. The zero-order valence-electron chi connectivity index (χ0n) is 12.3. The van der Waals surface area contributed by atoms with Gasteiger partial charge in [-0.1, -0.05) is 11.2 Å². The zero-order chi connectivity index (χ0) is 15.9. The number of hydrogen-bond acceptors (Lipinski definition) is 5. The van der Waals surface area contributed by atoms with Crippen LogP contribution in [0.5, 0.6) is 0 Å². The monoisotopic (exact) mass is 299 g/mol. The van der Waals surface area contributed by atoms with Crippen LogP contribution in [0.2, 0.25) is 0 Å². The van der Waals surface area contributed by atoms with Crippen molar-refractivity contribution in [3.05, 3.63) is 35.1 Å². The summed E-state index contributed by atoms with van der Waals surface area (Å²) in [7, 11) is 1.57. The fraction of sp³-hybridized carbons (Fsp3) is 0.500. The van der Waals surface area contributed by atoms with E-state index in [1.165, 1.54) is 12.1 Å². The molecule has 21 heavy (non-hydrogen) atoms. The number of nitrogens with two attached hydrogens (primary N) is 1. The lowest BCUT2D eigenvalue weighted by molar-refractivity contribution is 0.0247. The van der Waals surface area contributed by atoms with Crippen LogP contribution in [0.3, 0.4) is 0 Å². The quantitative estimate of drug-likeness (QED) is 0.246. The number of hydrogen-bond donors (Lipinski definition) is 4. The summed E-state index contributed by atoms with van der Waals surface area (Å²) in [5.41, 5.74) is 5.61. The Hall–Kier alpha value is -1.70. The summed E-state index contributed by atoms with van der Waals surface area (Å²) < 4.78 is 18.2. The Kier molecular flexibility index (Phi) is 6.54. The molecule has 0 saturated carbocycles. The van der Waals surface area contributed by atoms with E-state index in [2.05, 4.69) is 10.5 Å². The van der Waals surface area contributed by atoms with Gasteiger partial charge in [0.25, 0.3) is 0 Å². The highest BCUT2D eigenvalue weighted by atomic mass is 19.1. The van der Waals surface area contributed by atoms with E-state index in [0.29, 0.717) is 37.2 Å². The first-order chi connectivity index (χ1) is 9.89. The van der Waals surface area contributed by atoms with Crippen molar-refractivity contribution in [2.45, 2.75) is 25.5 Å². The number of nitrogens with zero attached hydrogens (tertiary/aromatic N) is 1. The van der Waals surface area contributed by atoms with Crippen LogP contribution in [-0.2, 0) is 11.3 Å². The molecule has 0 radical (unpaired) electrons. The molecule has 1 aromatic carbocycles. The number of amidine groups is 1. The molecular formula is C14H22FN3O3. The van der Waals surface area contributed by atoms with Gasteiger partial charge in [-0.15, -0.1) is 0 Å². The maximum atomic E-state index is 13.2. The van der Waals surface area contributed by atoms with E-state index in [0.717, 1.165) is 0 Å². The van der Waals surface area contributed by atoms with Crippen LogP contribution in [0.15, 0.2) is 23.4 Å². The molecule has 0 fully saturated rings. The first kappa shape index (κ1) is 17.4. The van der Waals surface area contributed by atoms with Crippen LogP contribution in [0.4, 0.5) is 4.39 Å². The van der Waals surface area contributed by atoms with Crippen molar-refractivity contribution in [3.63, 3.8) is 0 Å². The Bertz CT molecular complexity index is 492. The highest BCUT2D eigenvalue weighted by molar-refractivity contribution is 5.98. The van der Waals surface area contributed by atoms with Crippen molar-refractivity contribution >= 4 is 5.84 Å². The molecular weight excluding hydrogens is 277 g/mol. The molecule has 0 amide bonds. The van der Waals surface area contributed by atoms with Crippen molar-refractivity contribution in [1.82, 2.24) is 5.32 Å². The molecule has 5 N–H and O–H groups in total. The standard InChI is InChI=1S/C14H22FN3O3/c1-14(19,5-6-21-2)9-17-8-10-3-4-11(15)7-12(10)13(16)18-20/h3-4,7,17,19-20H,5-6,8-9H2,1-2H3,(H2,16,18). The van der Waals surface area contributed by atoms with Gasteiger partial charge in [0, 0.05) is 38.8 Å². The van der Waals surface area contributed by atoms with Crippen LogP contribution in [0, 0.1) is 5.82 Å². The lowest BCUT2D eigenvalue weighted by Gasteiger charge is -2.23. The van der Waals surface area contributed by atoms with E-state index >= 15 is 0 Å². The van der Waals surface area contributed by atoms with Crippen LogP contribution >= 0.6 is 0 Å². The lowest BCUT2D eigenvalue weighted by atomic mass is 10.0. The average Bonchev–Trinajstić information content (AvgIpc) is 2.45. The van der Waals surface area contributed by atoms with Crippen molar-refractivity contribution in [2.24, 2.45) is 10.9 Å². The molecule has 0 bridgehead atoms. The number of methoxy groups -OCH3 is 1. The molecule has 118 valence electrons. The van der Waals surface area contributed by atoms with Gasteiger partial charge in [-0.3, -0.25) is 0 Å². The highest BCUT2D eigenvalue weighted by Gasteiger charge is 2.19. The highest BCUT2D eigenvalue weighted by Crippen LogP contribution is 2.13. The smallest absolute Gasteiger partial charge is 0.170 e. The SMILES string of the molecule is COCCC(C)(O)CNCc1ccc(F)cc1/C(N)=N/O. The first-order valence-corrected chi connectivity index (χ1v) is 6.58. The minimum Gasteiger partial charge on any atom is -0.409 e. The van der Waals surface area contributed by atoms with Gasteiger partial charge in [-0.2, -0.15) is 0 Å². The topological polar surface area (TPSA) is 100 Å². The summed E-state index contributed by atoms with van der Waals surface area (Å²) in [6, 6.07) is 4.06. The molecule has 0 aromatic heterocycles. The molecule has 0 aliphatic carbocycles. The molecule has 1 rings (SSSR count). The van der Waals surface area contributed by atoms with Crippen molar-refractivity contribution in [3.8, 4) is 0 Å². The largest absolute Gasteiger partial charge is 0.409 e. The number of benzene rings is 1. The second-order valence-corrected chi connectivity index (χ2v) is 5.13. The molecule has 7 heteroatoms. The average molecular weight is 299 g/mol. The van der Waals surface area contributed by atoms with Gasteiger partial charge in [-0.05, 0) is 24.6 Å². The molecule has 0 aliphatic heterocycles. The van der Waals surface area contributed by atoms with Crippen LogP contribution in [0.25, 0.3) is 0 Å². The van der Waals surface area contributed by atoms with Gasteiger partial charge in [0.1, 0.15) is 5.82 Å². The van der Waals surface area contributed by atoms with Crippen molar-refractivity contribution in [1.29, 1.82) is 0 Å². The Balaban J connectivity index is 2.67. The van der Waals surface area contributed by atoms with Gasteiger partial charge >= 0.3 is 0 Å². The summed E-state index contributed by atoms with van der Waals surface area (Å²) in [6.07, 6.45) is 0.493. The normalized spacial score (nSPS) is 15.0. The third kappa shape index (κ3) is 5.66. The second-order valence-electron chi connectivity index (χ2n) is 5.13. The van der Waals surface area contributed by atoms with Gasteiger partial charge in [0.2, 0.25) is 0 Å². The van der Waals surface area contributed by atoms with E-state index < -0.39 is 11.4 Å². The summed E-state index contributed by atoms with van der Waals surface area (Å²) in [4.78, 5) is 0. The minimum atomic E-state index is -0.910. The number of nitrogens with one attached hydrogen (secondary N) is 1. The second kappa shape index (κ2) is 7.92. The molecule has 0 heterocycles. The number of oxime groups is 1. The molecule has 1 aromatic rings. The number of aliphatic hydroxyl groups is 1. The van der Waals surface area contributed by atoms with Gasteiger partial charge in [0.15, 0.2) is 5.84 Å². The van der Waals surface area contributed by atoms with E-state index in [9.17, 15) is 9.50 Å². The van der Waals surface area contributed by atoms with Crippen molar-refractivity contribution in [2.75, 3.05) is 20.3 Å². The summed E-state index contributed by atoms with van der Waals surface area (Å²) in [5, 5.41) is 24.8. The van der Waals surface area contributed by atoms with Crippen LogP contribution in [0.1, 0.15) is 24.5 Å². The molecule has 1 unspecified atom stereocenters. The molecule has 0 saturated heterocycles. The summed E-state index contributed by atoms with van der Waals surface area (Å²) >= 11 is 0. The van der Waals surface area contributed by atoms with E-state index in [1.54, 1.807) is 20.1 Å². The van der Waals surface area contributed by atoms with E-state index in [1.807, 2.05) is 0 Å².